The fourth-order valence-corrected chi connectivity index (χ4v) is 4.67. The number of hydrazone groups is 1. The standard InChI is InChI=1S/C20H23N3O4S/c1-14-18-16(21-22-28(25,26)15-8-3-2-4-9-15)10-7-11-17(18)27-19(14)20(24)23-12-5-6-13-23/h2-4,8-9,22H,5-7,10-13H2,1H3/b21-16+. The van der Waals surface area contributed by atoms with Gasteiger partial charge in [-0.15, -0.1) is 0 Å². The highest BCUT2D eigenvalue weighted by atomic mass is 32.2. The Morgan fingerprint density at radius 1 is 1.11 bits per heavy atom. The minimum atomic E-state index is -3.74. The molecule has 0 atom stereocenters. The van der Waals surface area contributed by atoms with Crippen molar-refractivity contribution in [2.24, 2.45) is 5.10 Å². The summed E-state index contributed by atoms with van der Waals surface area (Å²) in [4.78, 5) is 17.1. The van der Waals surface area contributed by atoms with Crippen molar-refractivity contribution in [3.63, 3.8) is 0 Å². The van der Waals surface area contributed by atoms with Crippen molar-refractivity contribution in [1.82, 2.24) is 9.73 Å². The number of carbonyl (C=O) groups is 1. The number of carbonyl (C=O) groups excluding carboxylic acids is 1. The van der Waals surface area contributed by atoms with Crippen LogP contribution in [0.1, 0.15) is 53.1 Å². The van der Waals surface area contributed by atoms with E-state index in [1.54, 1.807) is 18.2 Å². The van der Waals surface area contributed by atoms with Gasteiger partial charge in [0, 0.05) is 30.6 Å². The summed E-state index contributed by atoms with van der Waals surface area (Å²) < 4.78 is 30.8. The van der Waals surface area contributed by atoms with Crippen LogP contribution < -0.4 is 4.83 Å². The van der Waals surface area contributed by atoms with Gasteiger partial charge < -0.3 is 9.32 Å². The molecule has 1 aliphatic heterocycles. The molecule has 0 bridgehead atoms. The summed E-state index contributed by atoms with van der Waals surface area (Å²) in [7, 11) is -3.74. The maximum atomic E-state index is 12.8. The van der Waals surface area contributed by atoms with E-state index >= 15 is 0 Å². The van der Waals surface area contributed by atoms with Crippen LogP contribution in [0.5, 0.6) is 0 Å². The van der Waals surface area contributed by atoms with E-state index in [9.17, 15) is 13.2 Å². The zero-order valence-electron chi connectivity index (χ0n) is 15.8. The van der Waals surface area contributed by atoms with Crippen LogP contribution in [0.25, 0.3) is 0 Å². The Morgan fingerprint density at radius 3 is 2.54 bits per heavy atom. The Morgan fingerprint density at radius 2 is 1.82 bits per heavy atom. The van der Waals surface area contributed by atoms with Gasteiger partial charge in [-0.25, -0.2) is 0 Å². The molecule has 2 heterocycles. The lowest BCUT2D eigenvalue weighted by molar-refractivity contribution is 0.0758. The van der Waals surface area contributed by atoms with E-state index in [4.69, 9.17) is 4.42 Å². The molecule has 1 fully saturated rings. The number of hydrogen-bond donors (Lipinski definition) is 1. The molecular formula is C20H23N3O4S. The largest absolute Gasteiger partial charge is 0.455 e. The highest BCUT2D eigenvalue weighted by Gasteiger charge is 2.31. The quantitative estimate of drug-likeness (QED) is 0.798. The molecule has 0 radical (unpaired) electrons. The number of rotatable bonds is 4. The average molecular weight is 401 g/mol. The molecule has 2 aliphatic rings. The number of hydrogen-bond acceptors (Lipinski definition) is 5. The smallest absolute Gasteiger partial charge is 0.289 e. The Hall–Kier alpha value is -2.61. The predicted molar refractivity (Wildman–Crippen MR) is 105 cm³/mol. The third kappa shape index (κ3) is 3.44. The van der Waals surface area contributed by atoms with E-state index < -0.39 is 10.0 Å². The first-order chi connectivity index (χ1) is 13.5. The minimum Gasteiger partial charge on any atom is -0.455 e. The first-order valence-electron chi connectivity index (χ1n) is 9.53. The topological polar surface area (TPSA) is 92.0 Å². The van der Waals surface area contributed by atoms with Crippen LogP contribution in [0.4, 0.5) is 0 Å². The van der Waals surface area contributed by atoms with Gasteiger partial charge in [-0.1, -0.05) is 18.2 Å². The molecule has 0 saturated carbocycles. The van der Waals surface area contributed by atoms with Crippen LogP contribution in [0.3, 0.4) is 0 Å². The molecule has 28 heavy (non-hydrogen) atoms. The molecule has 1 saturated heterocycles. The molecule has 0 spiro atoms. The Bertz CT molecular complexity index is 1020. The number of nitrogens with zero attached hydrogens (tertiary/aromatic N) is 2. The summed E-state index contributed by atoms with van der Waals surface area (Å²) in [5.41, 5.74) is 2.12. The molecule has 1 N–H and O–H groups in total. The van der Waals surface area contributed by atoms with Crippen molar-refractivity contribution in [2.75, 3.05) is 13.1 Å². The summed E-state index contributed by atoms with van der Waals surface area (Å²) in [6, 6.07) is 8.12. The van der Waals surface area contributed by atoms with Crippen molar-refractivity contribution < 1.29 is 17.6 Å². The molecular weight excluding hydrogens is 378 g/mol. The molecule has 0 unspecified atom stereocenters. The molecule has 1 aromatic carbocycles. The second-order valence-corrected chi connectivity index (χ2v) is 8.83. The normalized spacial score (nSPS) is 18.3. The van der Waals surface area contributed by atoms with E-state index in [1.165, 1.54) is 12.1 Å². The van der Waals surface area contributed by atoms with Crippen molar-refractivity contribution in [3.8, 4) is 0 Å². The minimum absolute atomic E-state index is 0.0892. The van der Waals surface area contributed by atoms with Crippen LogP contribution in [0.15, 0.2) is 44.7 Å². The van der Waals surface area contributed by atoms with E-state index in [0.717, 1.165) is 43.5 Å². The van der Waals surface area contributed by atoms with Crippen LogP contribution in [-0.4, -0.2) is 38.0 Å². The van der Waals surface area contributed by atoms with Gasteiger partial charge in [0.15, 0.2) is 5.76 Å². The fraction of sp³-hybridized carbons (Fsp3) is 0.400. The van der Waals surface area contributed by atoms with Crippen LogP contribution >= 0.6 is 0 Å². The van der Waals surface area contributed by atoms with Gasteiger partial charge in [-0.05, 0) is 44.7 Å². The third-order valence-corrected chi connectivity index (χ3v) is 6.49. The summed E-state index contributed by atoms with van der Waals surface area (Å²) in [6.07, 6.45) is 4.16. The van der Waals surface area contributed by atoms with E-state index in [-0.39, 0.29) is 10.8 Å². The lowest BCUT2D eigenvalue weighted by Gasteiger charge is -2.14. The Labute approximate surface area is 164 Å². The van der Waals surface area contributed by atoms with Crippen molar-refractivity contribution in [2.45, 2.75) is 43.9 Å². The second-order valence-electron chi connectivity index (χ2n) is 7.17. The molecule has 1 aromatic heterocycles. The predicted octanol–water partition coefficient (Wildman–Crippen LogP) is 2.84. The van der Waals surface area contributed by atoms with Gasteiger partial charge in [0.05, 0.1) is 10.6 Å². The molecule has 4 rings (SSSR count). The number of amides is 1. The van der Waals surface area contributed by atoms with Crippen molar-refractivity contribution in [3.05, 3.63) is 53.0 Å². The first-order valence-corrected chi connectivity index (χ1v) is 11.0. The maximum absolute atomic E-state index is 12.8. The number of benzene rings is 1. The third-order valence-electron chi connectivity index (χ3n) is 5.27. The SMILES string of the molecule is Cc1c(C(=O)N2CCCC2)oc2c1/C(=N/NS(=O)(=O)c1ccccc1)CCC2. The fourth-order valence-electron chi connectivity index (χ4n) is 3.82. The van der Waals surface area contributed by atoms with E-state index in [0.29, 0.717) is 30.1 Å². The molecule has 2 aromatic rings. The van der Waals surface area contributed by atoms with Crippen LogP contribution in [-0.2, 0) is 16.4 Å². The number of furan rings is 1. The summed E-state index contributed by atoms with van der Waals surface area (Å²) >= 11 is 0. The van der Waals surface area contributed by atoms with Gasteiger partial charge >= 0.3 is 0 Å². The molecule has 8 heteroatoms. The molecule has 7 nitrogen and oxygen atoms in total. The van der Waals surface area contributed by atoms with Gasteiger partial charge in [0.2, 0.25) is 0 Å². The second kappa shape index (κ2) is 7.43. The summed E-state index contributed by atoms with van der Waals surface area (Å²) in [5.74, 6) is 0.977. The lowest BCUT2D eigenvalue weighted by atomic mass is 9.93. The average Bonchev–Trinajstić information content (AvgIpc) is 3.35. The van der Waals surface area contributed by atoms with Gasteiger partial charge in [-0.3, -0.25) is 4.79 Å². The summed E-state index contributed by atoms with van der Waals surface area (Å²) in [5, 5.41) is 4.20. The van der Waals surface area contributed by atoms with Gasteiger partial charge in [-0.2, -0.15) is 18.4 Å². The number of likely N-dealkylation sites (tertiary alicyclic amines) is 1. The Balaban J connectivity index is 1.63. The number of sulfonamides is 1. The molecule has 1 aliphatic carbocycles. The summed E-state index contributed by atoms with van der Waals surface area (Å²) in [6.45, 7) is 3.35. The molecule has 1 amide bonds. The lowest BCUT2D eigenvalue weighted by Crippen LogP contribution is -2.27. The van der Waals surface area contributed by atoms with Crippen molar-refractivity contribution >= 4 is 21.6 Å². The Kier molecular flexibility index (Phi) is 4.97. The number of aryl methyl sites for hydroxylation is 1. The zero-order chi connectivity index (χ0) is 19.7. The highest BCUT2D eigenvalue weighted by molar-refractivity contribution is 7.89. The van der Waals surface area contributed by atoms with Gasteiger partial charge in [0.1, 0.15) is 5.76 Å². The number of fused-ring (bicyclic) bond motifs is 1. The van der Waals surface area contributed by atoms with Crippen LogP contribution in [0.2, 0.25) is 0 Å². The van der Waals surface area contributed by atoms with Crippen molar-refractivity contribution in [1.29, 1.82) is 0 Å². The highest BCUT2D eigenvalue weighted by Crippen LogP contribution is 2.31. The number of nitrogens with one attached hydrogen (secondary N) is 1. The van der Waals surface area contributed by atoms with Gasteiger partial charge in [0.25, 0.3) is 15.9 Å². The first kappa shape index (κ1) is 18.7. The monoisotopic (exact) mass is 401 g/mol. The van der Waals surface area contributed by atoms with Crippen LogP contribution in [0, 0.1) is 6.92 Å². The van der Waals surface area contributed by atoms with E-state index in [2.05, 4.69) is 9.93 Å². The molecule has 148 valence electrons. The maximum Gasteiger partial charge on any atom is 0.289 e. The van der Waals surface area contributed by atoms with E-state index in [1.807, 2.05) is 11.8 Å². The zero-order valence-corrected chi connectivity index (χ0v) is 16.6.